The van der Waals surface area contributed by atoms with Gasteiger partial charge in [-0.2, -0.15) is 4.39 Å². The van der Waals surface area contributed by atoms with Crippen molar-refractivity contribution in [2.45, 2.75) is 25.9 Å². The first-order chi connectivity index (χ1) is 10.4. The summed E-state index contributed by atoms with van der Waals surface area (Å²) in [7, 11) is 0. The molecule has 0 saturated carbocycles. The molecule has 0 unspecified atom stereocenters. The van der Waals surface area contributed by atoms with Crippen molar-refractivity contribution in [1.82, 2.24) is 9.36 Å². The Morgan fingerprint density at radius 2 is 1.77 bits per heavy atom. The summed E-state index contributed by atoms with van der Waals surface area (Å²) in [5.41, 5.74) is -1.24. The van der Waals surface area contributed by atoms with Crippen LogP contribution in [0.1, 0.15) is 12.8 Å². The van der Waals surface area contributed by atoms with Gasteiger partial charge in [0, 0.05) is 24.7 Å². The Labute approximate surface area is 133 Å². The van der Waals surface area contributed by atoms with Gasteiger partial charge in [-0.3, -0.25) is 19.6 Å². The minimum Gasteiger partial charge on any atom is -0.267 e. The van der Waals surface area contributed by atoms with Crippen LogP contribution in [0.25, 0.3) is 11.1 Å². The van der Waals surface area contributed by atoms with Crippen LogP contribution in [0.4, 0.5) is 10.1 Å². The second kappa shape index (κ2) is 5.40. The molecule has 0 spiro atoms. The van der Waals surface area contributed by atoms with Crippen LogP contribution in [-0.4, -0.2) is 14.3 Å². The predicted octanol–water partition coefficient (Wildman–Crippen LogP) is 3.46. The lowest BCUT2D eigenvalue weighted by Gasteiger charge is -2.16. The van der Waals surface area contributed by atoms with Crippen LogP contribution in [-0.2, 0) is 13.1 Å². The smallest absolute Gasteiger partial charge is 0.267 e. The highest BCUT2D eigenvalue weighted by Gasteiger charge is 2.27. The molecule has 1 aromatic heterocycles. The van der Waals surface area contributed by atoms with E-state index in [-0.39, 0.29) is 21.2 Å². The average Bonchev–Trinajstić information content (AvgIpc) is 2.72. The number of rotatable bonds is 2. The molecular formula is C13H10Cl2FN3O3. The lowest BCUT2D eigenvalue weighted by Crippen LogP contribution is -2.27. The van der Waals surface area contributed by atoms with E-state index in [0.717, 1.165) is 25.0 Å². The van der Waals surface area contributed by atoms with Gasteiger partial charge >= 0.3 is 0 Å². The Morgan fingerprint density at radius 3 is 2.36 bits per heavy atom. The van der Waals surface area contributed by atoms with E-state index in [4.69, 9.17) is 23.2 Å². The average molecular weight is 346 g/mol. The highest BCUT2D eigenvalue weighted by molar-refractivity contribution is 6.37. The Kier molecular flexibility index (Phi) is 3.70. The summed E-state index contributed by atoms with van der Waals surface area (Å²) in [4.78, 5) is 22.7. The molecule has 0 atom stereocenters. The Morgan fingerprint density at radius 1 is 1.14 bits per heavy atom. The number of aromatic nitrogens is 2. The summed E-state index contributed by atoms with van der Waals surface area (Å²) in [6, 6.07) is 2.19. The standard InChI is InChI=1S/C13H10Cl2FN3O3/c14-8-6-9(15)10(19(21)22)5-7(8)11-12(16)17-3-1-2-4-18(17)13(11)20/h5-6H,1-4H2. The van der Waals surface area contributed by atoms with Crippen molar-refractivity contribution >= 4 is 28.9 Å². The summed E-state index contributed by atoms with van der Waals surface area (Å²) in [5.74, 6) is -0.733. The first-order valence-corrected chi connectivity index (χ1v) is 7.30. The molecule has 22 heavy (non-hydrogen) atoms. The first-order valence-electron chi connectivity index (χ1n) is 6.54. The second-order valence-corrected chi connectivity index (χ2v) is 5.78. The van der Waals surface area contributed by atoms with E-state index in [1.807, 2.05) is 0 Å². The fourth-order valence-electron chi connectivity index (χ4n) is 2.62. The van der Waals surface area contributed by atoms with Gasteiger partial charge in [-0.05, 0) is 18.9 Å². The number of halogens is 3. The van der Waals surface area contributed by atoms with Gasteiger partial charge in [-0.15, -0.1) is 0 Å². The van der Waals surface area contributed by atoms with Gasteiger partial charge in [-0.25, -0.2) is 4.68 Å². The quantitative estimate of drug-likeness (QED) is 0.618. The maximum absolute atomic E-state index is 14.6. The third-order valence-corrected chi connectivity index (χ3v) is 4.28. The van der Waals surface area contributed by atoms with Gasteiger partial charge < -0.3 is 0 Å². The predicted molar refractivity (Wildman–Crippen MR) is 80.0 cm³/mol. The van der Waals surface area contributed by atoms with Crippen molar-refractivity contribution in [2.24, 2.45) is 0 Å². The number of benzene rings is 1. The van der Waals surface area contributed by atoms with E-state index in [2.05, 4.69) is 0 Å². The SMILES string of the molecule is O=c1c(-c2cc([N+](=O)[O-])c(Cl)cc2Cl)c(F)n2n1CCCC2. The molecule has 0 fully saturated rings. The molecular weight excluding hydrogens is 336 g/mol. The molecule has 2 aromatic rings. The number of nitrogens with zero attached hydrogens (tertiary/aromatic N) is 3. The molecule has 6 nitrogen and oxygen atoms in total. The second-order valence-electron chi connectivity index (χ2n) is 4.96. The van der Waals surface area contributed by atoms with E-state index in [1.54, 1.807) is 0 Å². The van der Waals surface area contributed by atoms with Crippen LogP contribution >= 0.6 is 23.2 Å². The van der Waals surface area contributed by atoms with Gasteiger partial charge in [0.15, 0.2) is 0 Å². The fourth-order valence-corrected chi connectivity index (χ4v) is 3.17. The van der Waals surface area contributed by atoms with E-state index in [9.17, 15) is 19.3 Å². The summed E-state index contributed by atoms with van der Waals surface area (Å²) in [6.07, 6.45) is 1.54. The lowest BCUT2D eigenvalue weighted by molar-refractivity contribution is -0.384. The van der Waals surface area contributed by atoms with Crippen molar-refractivity contribution in [1.29, 1.82) is 0 Å². The summed E-state index contributed by atoms with van der Waals surface area (Å²) >= 11 is 11.8. The molecule has 116 valence electrons. The number of hydrogen-bond acceptors (Lipinski definition) is 3. The van der Waals surface area contributed by atoms with Crippen molar-refractivity contribution < 1.29 is 9.31 Å². The molecule has 0 amide bonds. The molecule has 9 heteroatoms. The Balaban J connectivity index is 2.29. The Bertz CT molecular complexity index is 844. The molecule has 0 saturated heterocycles. The molecule has 1 aromatic carbocycles. The number of fused-ring (bicyclic) bond motifs is 1. The van der Waals surface area contributed by atoms with E-state index in [0.29, 0.717) is 13.1 Å². The highest BCUT2D eigenvalue weighted by atomic mass is 35.5. The lowest BCUT2D eigenvalue weighted by atomic mass is 10.1. The zero-order chi connectivity index (χ0) is 16.0. The molecule has 0 N–H and O–H groups in total. The van der Waals surface area contributed by atoms with Crippen LogP contribution in [0.3, 0.4) is 0 Å². The van der Waals surface area contributed by atoms with Crippen molar-refractivity contribution in [2.75, 3.05) is 0 Å². The molecule has 0 aliphatic carbocycles. The molecule has 0 radical (unpaired) electrons. The Hall–Kier alpha value is -1.86. The van der Waals surface area contributed by atoms with Crippen LogP contribution in [0.5, 0.6) is 0 Å². The summed E-state index contributed by atoms with van der Waals surface area (Å²) < 4.78 is 17.1. The van der Waals surface area contributed by atoms with Crippen molar-refractivity contribution in [3.8, 4) is 11.1 Å². The molecule has 1 aliphatic rings. The zero-order valence-corrected chi connectivity index (χ0v) is 12.7. The van der Waals surface area contributed by atoms with Crippen LogP contribution in [0.15, 0.2) is 16.9 Å². The minimum absolute atomic E-state index is 0.00449. The number of hydrogen-bond donors (Lipinski definition) is 0. The summed E-state index contributed by atoms with van der Waals surface area (Å²) in [6.45, 7) is 0.789. The van der Waals surface area contributed by atoms with Gasteiger partial charge in [0.2, 0.25) is 5.95 Å². The molecule has 3 rings (SSSR count). The molecule has 2 heterocycles. The number of nitro benzene ring substituents is 1. The maximum Gasteiger partial charge on any atom is 0.288 e. The number of nitro groups is 1. The third-order valence-electron chi connectivity index (χ3n) is 3.66. The summed E-state index contributed by atoms with van der Waals surface area (Å²) in [5, 5.41) is 10.8. The minimum atomic E-state index is -0.733. The maximum atomic E-state index is 14.6. The van der Waals surface area contributed by atoms with Crippen LogP contribution in [0.2, 0.25) is 10.0 Å². The van der Waals surface area contributed by atoms with E-state index >= 15 is 0 Å². The van der Waals surface area contributed by atoms with Crippen molar-refractivity contribution in [3.63, 3.8) is 0 Å². The molecule has 0 bridgehead atoms. The first kappa shape index (κ1) is 15.1. The van der Waals surface area contributed by atoms with Crippen LogP contribution < -0.4 is 5.56 Å². The van der Waals surface area contributed by atoms with E-state index < -0.39 is 22.1 Å². The van der Waals surface area contributed by atoms with Gasteiger partial charge in [-0.1, -0.05) is 23.2 Å². The molecule has 1 aliphatic heterocycles. The highest BCUT2D eigenvalue weighted by Crippen LogP contribution is 2.36. The zero-order valence-electron chi connectivity index (χ0n) is 11.2. The van der Waals surface area contributed by atoms with Gasteiger partial charge in [0.25, 0.3) is 11.2 Å². The van der Waals surface area contributed by atoms with Crippen molar-refractivity contribution in [3.05, 3.63) is 48.6 Å². The van der Waals surface area contributed by atoms with Gasteiger partial charge in [0.05, 0.1) is 9.95 Å². The van der Waals surface area contributed by atoms with E-state index in [1.165, 1.54) is 9.36 Å². The fraction of sp³-hybridized carbons (Fsp3) is 0.308. The van der Waals surface area contributed by atoms with Crippen LogP contribution in [0, 0.1) is 16.1 Å². The normalized spacial score (nSPS) is 14.0. The largest absolute Gasteiger partial charge is 0.288 e. The third kappa shape index (κ3) is 2.21. The topological polar surface area (TPSA) is 70.1 Å². The monoisotopic (exact) mass is 345 g/mol. The van der Waals surface area contributed by atoms with Gasteiger partial charge in [0.1, 0.15) is 10.6 Å².